The Labute approximate surface area is 217 Å². The Morgan fingerprint density at radius 3 is 2.76 bits per heavy atom. The Morgan fingerprint density at radius 2 is 2.03 bits per heavy atom. The minimum atomic E-state index is -0.588. The molecular weight excluding hydrogens is 474 g/mol. The van der Waals surface area contributed by atoms with Crippen LogP contribution in [0.2, 0.25) is 0 Å². The van der Waals surface area contributed by atoms with Crippen molar-refractivity contribution in [2.24, 2.45) is 5.92 Å². The van der Waals surface area contributed by atoms with Crippen LogP contribution in [0.25, 0.3) is 0 Å². The van der Waals surface area contributed by atoms with Crippen LogP contribution < -0.4 is 10.1 Å². The number of carbonyl (C=O) groups excluding carboxylic acids is 2. The summed E-state index contributed by atoms with van der Waals surface area (Å²) in [7, 11) is 1.51. The Hall–Kier alpha value is -3.18. The molecule has 0 radical (unpaired) electrons. The van der Waals surface area contributed by atoms with E-state index in [4.69, 9.17) is 9.47 Å². The fourth-order valence-electron chi connectivity index (χ4n) is 5.68. The Bertz CT molecular complexity index is 1140. The van der Waals surface area contributed by atoms with E-state index in [-0.39, 0.29) is 23.7 Å². The third-order valence-corrected chi connectivity index (χ3v) is 7.91. The molecule has 2 aromatic heterocycles. The van der Waals surface area contributed by atoms with Crippen LogP contribution >= 0.6 is 0 Å². The lowest BCUT2D eigenvalue weighted by Gasteiger charge is -2.44. The van der Waals surface area contributed by atoms with Crippen LogP contribution in [0.1, 0.15) is 55.4 Å². The average Bonchev–Trinajstić information content (AvgIpc) is 3.42. The predicted molar refractivity (Wildman–Crippen MR) is 137 cm³/mol. The first kappa shape index (κ1) is 25.5. The van der Waals surface area contributed by atoms with Gasteiger partial charge in [-0.2, -0.15) is 5.10 Å². The number of hydrogen-bond donors (Lipinski definition) is 2. The highest BCUT2D eigenvalue weighted by Crippen LogP contribution is 2.41. The number of carbonyl (C=O) groups is 2. The molecule has 5 heterocycles. The van der Waals surface area contributed by atoms with Crippen LogP contribution in [-0.2, 0) is 16.8 Å². The topological polar surface area (TPSA) is 116 Å². The Kier molecular flexibility index (Phi) is 7.09. The van der Waals surface area contributed by atoms with Gasteiger partial charge in [0.25, 0.3) is 5.91 Å². The monoisotopic (exact) mass is 511 g/mol. The van der Waals surface area contributed by atoms with Crippen molar-refractivity contribution in [2.75, 3.05) is 51.8 Å². The van der Waals surface area contributed by atoms with E-state index >= 15 is 0 Å². The van der Waals surface area contributed by atoms with Crippen molar-refractivity contribution in [3.63, 3.8) is 0 Å². The van der Waals surface area contributed by atoms with E-state index < -0.39 is 5.54 Å². The smallest absolute Gasteiger partial charge is 0.321 e. The number of H-pyrrole nitrogens is 1. The van der Waals surface area contributed by atoms with E-state index in [1.54, 1.807) is 18.2 Å². The summed E-state index contributed by atoms with van der Waals surface area (Å²) in [5.74, 6) is 1.08. The molecule has 5 rings (SSSR count). The molecule has 11 heteroatoms. The third kappa shape index (κ3) is 5.02. The van der Waals surface area contributed by atoms with Gasteiger partial charge in [0, 0.05) is 57.1 Å². The summed E-state index contributed by atoms with van der Waals surface area (Å²) in [5, 5.41) is 10.3. The van der Waals surface area contributed by atoms with Crippen LogP contribution in [0.4, 0.5) is 10.6 Å². The molecule has 2 aromatic rings. The van der Waals surface area contributed by atoms with Crippen molar-refractivity contribution in [1.29, 1.82) is 0 Å². The summed E-state index contributed by atoms with van der Waals surface area (Å²) in [6.07, 6.45) is 2.24. The normalized spacial score (nSPS) is 22.1. The van der Waals surface area contributed by atoms with Crippen LogP contribution in [0, 0.1) is 5.92 Å². The molecule has 0 aromatic carbocycles. The number of piperazine rings is 1. The summed E-state index contributed by atoms with van der Waals surface area (Å²) in [6.45, 7) is 11.8. The van der Waals surface area contributed by atoms with Gasteiger partial charge in [0.1, 0.15) is 5.69 Å². The molecule has 2 fully saturated rings. The van der Waals surface area contributed by atoms with E-state index in [0.717, 1.165) is 56.9 Å². The van der Waals surface area contributed by atoms with Gasteiger partial charge >= 0.3 is 6.03 Å². The highest BCUT2D eigenvalue weighted by molar-refractivity contribution is 6.03. The molecule has 200 valence electrons. The first-order valence-corrected chi connectivity index (χ1v) is 13.1. The molecule has 2 saturated heterocycles. The number of aromatic nitrogens is 3. The van der Waals surface area contributed by atoms with E-state index in [1.165, 1.54) is 7.11 Å². The van der Waals surface area contributed by atoms with Crippen molar-refractivity contribution in [3.8, 4) is 5.88 Å². The number of rotatable bonds is 5. The number of amides is 3. The number of urea groups is 1. The van der Waals surface area contributed by atoms with Gasteiger partial charge in [-0.25, -0.2) is 9.78 Å². The van der Waals surface area contributed by atoms with Gasteiger partial charge in [-0.3, -0.25) is 14.8 Å². The molecule has 0 bridgehead atoms. The number of aromatic amines is 1. The van der Waals surface area contributed by atoms with E-state index in [9.17, 15) is 9.59 Å². The number of hydrogen-bond acceptors (Lipinski definition) is 7. The number of nitrogens with one attached hydrogen (secondary N) is 2. The lowest BCUT2D eigenvalue weighted by molar-refractivity contribution is 0.0290. The molecule has 37 heavy (non-hydrogen) atoms. The maximum absolute atomic E-state index is 13.8. The van der Waals surface area contributed by atoms with Crippen molar-refractivity contribution >= 4 is 17.8 Å². The minimum Gasteiger partial charge on any atom is -0.481 e. The molecule has 2 N–H and O–H groups in total. The zero-order valence-electron chi connectivity index (χ0n) is 22.1. The Balaban J connectivity index is 1.24. The summed E-state index contributed by atoms with van der Waals surface area (Å²) in [5.41, 5.74) is 1.30. The van der Waals surface area contributed by atoms with Crippen molar-refractivity contribution in [3.05, 3.63) is 35.2 Å². The highest BCUT2D eigenvalue weighted by atomic mass is 16.5. The van der Waals surface area contributed by atoms with E-state index in [0.29, 0.717) is 30.7 Å². The van der Waals surface area contributed by atoms with Gasteiger partial charge in [-0.1, -0.05) is 6.07 Å². The van der Waals surface area contributed by atoms with Gasteiger partial charge in [-0.05, 0) is 45.6 Å². The van der Waals surface area contributed by atoms with Crippen LogP contribution in [-0.4, -0.2) is 94.4 Å². The highest BCUT2D eigenvalue weighted by Gasteiger charge is 2.46. The standard InChI is InChI=1S/C26H37N7O4/c1-17-14-31(15-18-8-12-37-13-9-18)10-11-32(17)25(35)33-16-19-22(26(33,2)3)29-30-23(19)28-24(34)20-6-5-7-21(27-20)36-4/h5-7,17-18H,8-16H2,1-4H3,(H2,28,29,30,34)/t17-/m0/s1. The molecular formula is C26H37N7O4. The molecule has 0 saturated carbocycles. The number of ether oxygens (including phenoxy) is 2. The zero-order chi connectivity index (χ0) is 26.2. The van der Waals surface area contributed by atoms with Crippen LogP contribution in [0.15, 0.2) is 18.2 Å². The number of anilines is 1. The fourth-order valence-corrected chi connectivity index (χ4v) is 5.68. The molecule has 3 aliphatic rings. The summed E-state index contributed by atoms with van der Waals surface area (Å²) in [6, 6.07) is 5.14. The second kappa shape index (κ2) is 10.3. The molecule has 3 aliphatic heterocycles. The first-order valence-electron chi connectivity index (χ1n) is 13.1. The molecule has 3 amide bonds. The summed E-state index contributed by atoms with van der Waals surface area (Å²) >= 11 is 0. The molecule has 0 aliphatic carbocycles. The number of methoxy groups -OCH3 is 1. The molecule has 0 spiro atoms. The molecule has 1 atom stereocenters. The molecule has 11 nitrogen and oxygen atoms in total. The molecule has 0 unspecified atom stereocenters. The number of nitrogens with zero attached hydrogens (tertiary/aromatic N) is 5. The number of pyridine rings is 1. The second-order valence-electron chi connectivity index (χ2n) is 10.7. The minimum absolute atomic E-state index is 0.0135. The summed E-state index contributed by atoms with van der Waals surface area (Å²) in [4.78, 5) is 37.2. The average molecular weight is 512 g/mol. The van der Waals surface area contributed by atoms with E-state index in [1.807, 2.05) is 23.6 Å². The maximum atomic E-state index is 13.8. The first-order chi connectivity index (χ1) is 17.8. The van der Waals surface area contributed by atoms with E-state index in [2.05, 4.69) is 32.3 Å². The number of fused-ring (bicyclic) bond motifs is 1. The lowest BCUT2D eigenvalue weighted by atomic mass is 9.99. The predicted octanol–water partition coefficient (Wildman–Crippen LogP) is 2.67. The fraction of sp³-hybridized carbons (Fsp3) is 0.615. The van der Waals surface area contributed by atoms with Crippen molar-refractivity contribution in [2.45, 2.75) is 51.7 Å². The summed E-state index contributed by atoms with van der Waals surface area (Å²) < 4.78 is 10.6. The maximum Gasteiger partial charge on any atom is 0.321 e. The van der Waals surface area contributed by atoms with Gasteiger partial charge in [0.2, 0.25) is 5.88 Å². The Morgan fingerprint density at radius 1 is 1.24 bits per heavy atom. The quantitative estimate of drug-likeness (QED) is 0.634. The van der Waals surface area contributed by atoms with Crippen molar-refractivity contribution in [1.82, 2.24) is 29.9 Å². The largest absolute Gasteiger partial charge is 0.481 e. The SMILES string of the molecule is COc1cccc(C(=O)Nc2n[nH]c3c2CN(C(=O)N2CCN(CC4CCOCC4)C[C@@H]2C)C3(C)C)n1. The second-order valence-corrected chi connectivity index (χ2v) is 10.7. The van der Waals surface area contributed by atoms with Gasteiger partial charge in [0.05, 0.1) is 24.9 Å². The zero-order valence-corrected chi connectivity index (χ0v) is 22.1. The van der Waals surface area contributed by atoms with Gasteiger partial charge in [-0.15, -0.1) is 0 Å². The van der Waals surface area contributed by atoms with Gasteiger partial charge in [0.15, 0.2) is 5.82 Å². The van der Waals surface area contributed by atoms with Gasteiger partial charge < -0.3 is 24.6 Å². The van der Waals surface area contributed by atoms with Crippen LogP contribution in [0.3, 0.4) is 0 Å². The van der Waals surface area contributed by atoms with Crippen molar-refractivity contribution < 1.29 is 19.1 Å². The lowest BCUT2D eigenvalue weighted by Crippen LogP contribution is -2.59. The third-order valence-electron chi connectivity index (χ3n) is 7.91. The van der Waals surface area contributed by atoms with Crippen LogP contribution in [0.5, 0.6) is 5.88 Å².